The topological polar surface area (TPSA) is 96.5 Å². The zero-order valence-electron chi connectivity index (χ0n) is 22.7. The van der Waals surface area contributed by atoms with E-state index in [2.05, 4.69) is 56.2 Å². The predicted molar refractivity (Wildman–Crippen MR) is 158 cm³/mol. The number of fused-ring (bicyclic) bond motifs is 4. The van der Waals surface area contributed by atoms with E-state index < -0.39 is 0 Å². The van der Waals surface area contributed by atoms with E-state index in [1.54, 1.807) is 10.7 Å². The highest BCUT2D eigenvalue weighted by Crippen LogP contribution is 2.27. The number of pyridine rings is 1. The fourth-order valence-electron chi connectivity index (χ4n) is 5.48. The van der Waals surface area contributed by atoms with Crippen molar-refractivity contribution in [3.8, 4) is 5.82 Å². The van der Waals surface area contributed by atoms with Gasteiger partial charge in [-0.1, -0.05) is 18.2 Å². The van der Waals surface area contributed by atoms with E-state index in [0.29, 0.717) is 28.4 Å². The van der Waals surface area contributed by atoms with Crippen LogP contribution in [0.15, 0.2) is 71.7 Å². The van der Waals surface area contributed by atoms with Crippen LogP contribution in [0.4, 0.5) is 17.3 Å². The molecule has 10 heteroatoms. The summed E-state index contributed by atoms with van der Waals surface area (Å²) in [4.78, 5) is 37.2. The van der Waals surface area contributed by atoms with Crippen LogP contribution in [-0.4, -0.2) is 67.3 Å². The summed E-state index contributed by atoms with van der Waals surface area (Å²) in [5.41, 5.74) is 5.62. The lowest BCUT2D eigenvalue weighted by Gasteiger charge is -2.35. The minimum Gasteiger partial charge on any atom is -0.369 e. The van der Waals surface area contributed by atoms with Crippen molar-refractivity contribution in [2.45, 2.75) is 13.8 Å². The van der Waals surface area contributed by atoms with Gasteiger partial charge in [-0.25, -0.2) is 19.6 Å². The first-order chi connectivity index (χ1) is 19.5. The van der Waals surface area contributed by atoms with Gasteiger partial charge in [0.05, 0.1) is 5.52 Å². The number of likely N-dealkylation sites (N-methyl/N-ethyl adjacent to an activating group) is 1. The average Bonchev–Trinajstić information content (AvgIpc) is 3.28. The van der Waals surface area contributed by atoms with Gasteiger partial charge < -0.3 is 15.1 Å². The molecule has 0 spiro atoms. The van der Waals surface area contributed by atoms with Crippen molar-refractivity contribution in [2.75, 3.05) is 43.4 Å². The van der Waals surface area contributed by atoms with Crippen LogP contribution in [0.5, 0.6) is 0 Å². The first-order valence-electron chi connectivity index (χ1n) is 13.4. The van der Waals surface area contributed by atoms with Gasteiger partial charge in [-0.15, -0.1) is 0 Å². The van der Waals surface area contributed by atoms with Crippen molar-refractivity contribution < 1.29 is 0 Å². The highest BCUT2D eigenvalue weighted by atomic mass is 16.1. The third-order valence-electron chi connectivity index (χ3n) is 7.56. The molecular weight excluding hydrogens is 502 g/mol. The van der Waals surface area contributed by atoms with Gasteiger partial charge in [-0.05, 0) is 68.9 Å². The maximum atomic E-state index is 13.8. The van der Waals surface area contributed by atoms with Crippen molar-refractivity contribution in [2.24, 2.45) is 0 Å². The van der Waals surface area contributed by atoms with Crippen molar-refractivity contribution in [1.82, 2.24) is 34.0 Å². The molecule has 0 radical (unpaired) electrons. The van der Waals surface area contributed by atoms with E-state index >= 15 is 0 Å². The summed E-state index contributed by atoms with van der Waals surface area (Å²) in [6.07, 6.45) is 1.55. The molecule has 10 nitrogen and oxygen atoms in total. The highest BCUT2D eigenvalue weighted by Gasteiger charge is 2.19. The lowest BCUT2D eigenvalue weighted by Crippen LogP contribution is -2.44. The molecule has 2 aromatic carbocycles. The second kappa shape index (κ2) is 9.42. The van der Waals surface area contributed by atoms with E-state index in [1.807, 2.05) is 60.1 Å². The SMILES string of the molecule is Cc1cccc(-n2c3ccccc3c3nc4nc(Nc5ccc(N6CCN(C)CC6)c(C)c5)ncc4c(=O)n32)n1. The van der Waals surface area contributed by atoms with Gasteiger partial charge in [-0.3, -0.25) is 4.79 Å². The summed E-state index contributed by atoms with van der Waals surface area (Å²) in [7, 11) is 2.16. The third-order valence-corrected chi connectivity index (χ3v) is 7.56. The summed E-state index contributed by atoms with van der Waals surface area (Å²) in [6, 6.07) is 19.8. The number of nitrogens with one attached hydrogen (secondary N) is 1. The molecule has 6 aromatic rings. The molecule has 0 bridgehead atoms. The predicted octanol–water partition coefficient (Wildman–Crippen LogP) is 4.09. The molecule has 0 aliphatic carbocycles. The summed E-state index contributed by atoms with van der Waals surface area (Å²) < 4.78 is 3.37. The Morgan fingerprint density at radius 3 is 2.48 bits per heavy atom. The van der Waals surface area contributed by atoms with Gasteiger partial charge in [0.15, 0.2) is 17.1 Å². The van der Waals surface area contributed by atoms with Crippen LogP contribution in [0.3, 0.4) is 0 Å². The summed E-state index contributed by atoms with van der Waals surface area (Å²) >= 11 is 0. The largest absolute Gasteiger partial charge is 0.369 e. The quantitative estimate of drug-likeness (QED) is 0.364. The number of benzene rings is 2. The molecule has 0 saturated carbocycles. The number of anilines is 3. The van der Waals surface area contributed by atoms with Crippen molar-refractivity contribution in [1.29, 1.82) is 0 Å². The third kappa shape index (κ3) is 4.04. The van der Waals surface area contributed by atoms with Crippen LogP contribution >= 0.6 is 0 Å². The molecular formula is C30H29N9O. The monoisotopic (exact) mass is 531 g/mol. The maximum Gasteiger partial charge on any atom is 0.284 e. The van der Waals surface area contributed by atoms with E-state index in [9.17, 15) is 4.79 Å². The number of piperazine rings is 1. The number of hydrogen-bond donors (Lipinski definition) is 1. The lowest BCUT2D eigenvalue weighted by atomic mass is 10.1. The molecule has 1 fully saturated rings. The van der Waals surface area contributed by atoms with Crippen LogP contribution in [-0.2, 0) is 0 Å². The van der Waals surface area contributed by atoms with Gasteiger partial charge in [0.25, 0.3) is 5.56 Å². The molecule has 0 amide bonds. The van der Waals surface area contributed by atoms with Gasteiger partial charge in [0, 0.05) is 54.8 Å². The summed E-state index contributed by atoms with van der Waals surface area (Å²) in [6.45, 7) is 8.21. The van der Waals surface area contributed by atoms with Crippen LogP contribution in [0, 0.1) is 13.8 Å². The minimum absolute atomic E-state index is 0.251. The number of aryl methyl sites for hydroxylation is 2. The molecule has 40 heavy (non-hydrogen) atoms. The average molecular weight is 532 g/mol. The fourth-order valence-corrected chi connectivity index (χ4v) is 5.48. The van der Waals surface area contributed by atoms with Crippen molar-refractivity contribution >= 4 is 44.9 Å². The molecule has 1 saturated heterocycles. The maximum absolute atomic E-state index is 13.8. The van der Waals surface area contributed by atoms with Crippen LogP contribution in [0.25, 0.3) is 33.4 Å². The molecule has 7 rings (SSSR count). The molecule has 5 heterocycles. The molecule has 1 aliphatic rings. The van der Waals surface area contributed by atoms with Crippen LogP contribution in [0.1, 0.15) is 11.3 Å². The van der Waals surface area contributed by atoms with Gasteiger partial charge in [0.2, 0.25) is 5.95 Å². The van der Waals surface area contributed by atoms with E-state index in [-0.39, 0.29) is 5.56 Å². The molecule has 0 atom stereocenters. The Morgan fingerprint density at radius 1 is 0.850 bits per heavy atom. The van der Waals surface area contributed by atoms with Crippen LogP contribution in [0.2, 0.25) is 0 Å². The smallest absolute Gasteiger partial charge is 0.284 e. The normalized spacial score (nSPS) is 14.4. The van der Waals surface area contributed by atoms with Crippen molar-refractivity contribution in [3.05, 3.63) is 88.5 Å². The molecule has 0 unspecified atom stereocenters. The molecule has 200 valence electrons. The van der Waals surface area contributed by atoms with E-state index in [1.165, 1.54) is 11.3 Å². The van der Waals surface area contributed by atoms with Gasteiger partial charge >= 0.3 is 0 Å². The molecule has 1 N–H and O–H groups in total. The number of rotatable bonds is 4. The Bertz CT molecular complexity index is 1970. The Balaban J connectivity index is 1.29. The first kappa shape index (κ1) is 24.2. The minimum atomic E-state index is -0.251. The molecule has 4 aromatic heterocycles. The standard InChI is InChI=1S/C30H29N9O/c1-19-17-21(11-12-24(19)37-15-13-36(3)14-16-37)33-30-31-18-23-27(35-30)34-28-22-8-4-5-9-25(22)38(39(28)29(23)40)26-10-6-7-20(2)32-26/h4-12,17-18H,13-16H2,1-3H3,(H,31,33,35). The highest BCUT2D eigenvalue weighted by molar-refractivity contribution is 5.95. The number of hydrogen-bond acceptors (Lipinski definition) is 8. The summed E-state index contributed by atoms with van der Waals surface area (Å²) in [5, 5.41) is 4.48. The zero-order chi connectivity index (χ0) is 27.4. The first-order valence-corrected chi connectivity index (χ1v) is 13.4. The molecule has 1 aliphatic heterocycles. The lowest BCUT2D eigenvalue weighted by molar-refractivity contribution is 0.312. The number of nitrogens with zero attached hydrogens (tertiary/aromatic N) is 8. The van der Waals surface area contributed by atoms with Crippen LogP contribution < -0.4 is 15.8 Å². The van der Waals surface area contributed by atoms with Crippen molar-refractivity contribution in [3.63, 3.8) is 0 Å². The van der Waals surface area contributed by atoms with E-state index in [4.69, 9.17) is 4.98 Å². The Labute approximate surface area is 230 Å². The second-order valence-corrected chi connectivity index (χ2v) is 10.4. The van der Waals surface area contributed by atoms with E-state index in [0.717, 1.165) is 48.5 Å². The number of aromatic nitrogens is 6. The van der Waals surface area contributed by atoms with Gasteiger partial charge in [-0.2, -0.15) is 9.50 Å². The Hall–Kier alpha value is -4.83. The number of para-hydroxylation sites is 1. The fraction of sp³-hybridized carbons (Fsp3) is 0.233. The Kier molecular flexibility index (Phi) is 5.71. The Morgan fingerprint density at radius 2 is 1.68 bits per heavy atom. The second-order valence-electron chi connectivity index (χ2n) is 10.4. The summed E-state index contributed by atoms with van der Waals surface area (Å²) in [5.74, 6) is 1.03. The zero-order valence-corrected chi connectivity index (χ0v) is 22.7. The van der Waals surface area contributed by atoms with Gasteiger partial charge in [0.1, 0.15) is 5.39 Å².